The molecule has 0 spiro atoms. The summed E-state index contributed by atoms with van der Waals surface area (Å²) < 4.78 is 41.3. The third-order valence-corrected chi connectivity index (χ3v) is 5.54. The predicted molar refractivity (Wildman–Crippen MR) is 111 cm³/mol. The van der Waals surface area contributed by atoms with Crippen LogP contribution in [0.1, 0.15) is 23.7 Å². The number of carbonyl (C=O) groups excluding carboxylic acids is 3. The van der Waals surface area contributed by atoms with Gasteiger partial charge in [0.25, 0.3) is 5.91 Å². The predicted octanol–water partition coefficient (Wildman–Crippen LogP) is 5.10. The number of hydrogen-bond acceptors (Lipinski definition) is 3. The molecule has 12 heteroatoms. The number of carbonyl (C=O) groups is 3. The van der Waals surface area contributed by atoms with Crippen LogP contribution in [0.25, 0.3) is 0 Å². The van der Waals surface area contributed by atoms with Crippen LogP contribution in [-0.4, -0.2) is 22.1 Å². The van der Waals surface area contributed by atoms with Gasteiger partial charge in [-0.1, -0.05) is 11.6 Å². The Morgan fingerprint density at radius 3 is 2.26 bits per heavy atom. The van der Waals surface area contributed by atoms with Gasteiger partial charge in [0.1, 0.15) is 21.7 Å². The SMILES string of the molecule is CC(=O)Nc1c(F)ccc(NC(=O)c2cc(NC(=O)[C@H]3CC3(Cl)Cl)cc(F)c2Cl)c1F. The van der Waals surface area contributed by atoms with Gasteiger partial charge in [0.2, 0.25) is 11.8 Å². The normalized spacial score (nSPS) is 16.4. The molecule has 0 bridgehead atoms. The maximum absolute atomic E-state index is 14.5. The Morgan fingerprint density at radius 1 is 1.03 bits per heavy atom. The lowest BCUT2D eigenvalue weighted by molar-refractivity contribution is -0.117. The Balaban J connectivity index is 1.86. The fourth-order valence-corrected chi connectivity index (χ4v) is 3.38. The first-order chi connectivity index (χ1) is 14.4. The van der Waals surface area contributed by atoms with Crippen molar-refractivity contribution in [3.63, 3.8) is 0 Å². The summed E-state index contributed by atoms with van der Waals surface area (Å²) in [6, 6.07) is 3.69. The molecule has 2 aromatic rings. The Morgan fingerprint density at radius 2 is 1.68 bits per heavy atom. The van der Waals surface area contributed by atoms with Gasteiger partial charge in [0.15, 0.2) is 5.82 Å². The number of nitrogens with one attached hydrogen (secondary N) is 3. The highest BCUT2D eigenvalue weighted by Gasteiger charge is 2.56. The van der Waals surface area contributed by atoms with Gasteiger partial charge >= 0.3 is 0 Å². The molecule has 0 heterocycles. The summed E-state index contributed by atoms with van der Waals surface area (Å²) in [6.45, 7) is 1.05. The highest BCUT2D eigenvalue weighted by Crippen LogP contribution is 2.53. The van der Waals surface area contributed by atoms with Crippen LogP contribution in [0.15, 0.2) is 24.3 Å². The number of hydrogen-bond donors (Lipinski definition) is 3. The van der Waals surface area contributed by atoms with Crippen molar-refractivity contribution in [1.29, 1.82) is 0 Å². The second kappa shape index (κ2) is 8.57. The first-order valence-electron chi connectivity index (χ1n) is 8.65. The van der Waals surface area contributed by atoms with E-state index in [1.807, 2.05) is 5.32 Å². The van der Waals surface area contributed by atoms with Gasteiger partial charge < -0.3 is 16.0 Å². The van der Waals surface area contributed by atoms with E-state index in [9.17, 15) is 27.6 Å². The number of benzene rings is 2. The lowest BCUT2D eigenvalue weighted by Gasteiger charge is -2.13. The molecular weight excluding hydrogens is 482 g/mol. The van der Waals surface area contributed by atoms with E-state index in [4.69, 9.17) is 34.8 Å². The van der Waals surface area contributed by atoms with Crippen molar-refractivity contribution >= 4 is 69.6 Å². The minimum atomic E-state index is -1.25. The molecule has 3 amide bonds. The molecule has 6 nitrogen and oxygen atoms in total. The molecule has 164 valence electrons. The highest BCUT2D eigenvalue weighted by atomic mass is 35.5. The summed E-state index contributed by atoms with van der Waals surface area (Å²) >= 11 is 17.5. The monoisotopic (exact) mass is 493 g/mol. The summed E-state index contributed by atoms with van der Waals surface area (Å²) in [4.78, 5) is 35.8. The Bertz CT molecular complexity index is 1110. The molecule has 31 heavy (non-hydrogen) atoms. The van der Waals surface area contributed by atoms with E-state index in [2.05, 4.69) is 10.6 Å². The number of amides is 3. The minimum absolute atomic E-state index is 0.105. The van der Waals surface area contributed by atoms with E-state index in [1.54, 1.807) is 0 Å². The second-order valence-electron chi connectivity index (χ2n) is 6.75. The Labute approximate surface area is 189 Å². The van der Waals surface area contributed by atoms with Crippen LogP contribution in [0, 0.1) is 23.4 Å². The maximum atomic E-state index is 14.5. The van der Waals surface area contributed by atoms with E-state index in [0.717, 1.165) is 31.2 Å². The lowest BCUT2D eigenvalue weighted by Crippen LogP contribution is -2.19. The van der Waals surface area contributed by atoms with E-state index in [1.165, 1.54) is 0 Å². The zero-order chi connectivity index (χ0) is 23.1. The van der Waals surface area contributed by atoms with Gasteiger partial charge in [-0.15, -0.1) is 23.2 Å². The third-order valence-electron chi connectivity index (χ3n) is 4.32. The zero-order valence-corrected chi connectivity index (χ0v) is 17.9. The quantitative estimate of drug-likeness (QED) is 0.506. The van der Waals surface area contributed by atoms with E-state index < -0.39 is 67.4 Å². The van der Waals surface area contributed by atoms with Crippen molar-refractivity contribution in [3.05, 3.63) is 52.3 Å². The number of anilines is 3. The molecule has 1 aliphatic carbocycles. The summed E-state index contributed by atoms with van der Waals surface area (Å²) in [6.07, 6.45) is 0.214. The van der Waals surface area contributed by atoms with Crippen molar-refractivity contribution in [1.82, 2.24) is 0 Å². The van der Waals surface area contributed by atoms with E-state index in [0.29, 0.717) is 0 Å². The van der Waals surface area contributed by atoms with Crippen LogP contribution in [-0.2, 0) is 9.59 Å². The molecule has 0 aliphatic heterocycles. The molecule has 1 aliphatic rings. The number of alkyl halides is 2. The maximum Gasteiger partial charge on any atom is 0.257 e. The zero-order valence-electron chi connectivity index (χ0n) is 15.6. The van der Waals surface area contributed by atoms with Crippen molar-refractivity contribution in [2.24, 2.45) is 5.92 Å². The van der Waals surface area contributed by atoms with Crippen molar-refractivity contribution in [2.45, 2.75) is 17.7 Å². The van der Waals surface area contributed by atoms with Gasteiger partial charge in [-0.2, -0.15) is 0 Å². The fourth-order valence-electron chi connectivity index (χ4n) is 2.68. The van der Waals surface area contributed by atoms with Crippen molar-refractivity contribution in [2.75, 3.05) is 16.0 Å². The van der Waals surface area contributed by atoms with Gasteiger partial charge in [-0.05, 0) is 30.7 Å². The molecule has 2 aromatic carbocycles. The minimum Gasteiger partial charge on any atom is -0.326 e. The first-order valence-corrected chi connectivity index (χ1v) is 9.78. The highest BCUT2D eigenvalue weighted by molar-refractivity contribution is 6.52. The summed E-state index contributed by atoms with van der Waals surface area (Å²) in [5.74, 6) is -6.40. The number of halogens is 6. The Kier molecular flexibility index (Phi) is 6.40. The average molecular weight is 495 g/mol. The van der Waals surface area contributed by atoms with Crippen LogP contribution in [0.3, 0.4) is 0 Å². The lowest BCUT2D eigenvalue weighted by atomic mass is 10.1. The second-order valence-corrected chi connectivity index (χ2v) is 8.67. The molecule has 1 atom stereocenters. The summed E-state index contributed by atoms with van der Waals surface area (Å²) in [7, 11) is 0. The standard InChI is InChI=1S/C19H13Cl3F3N3O3/c1-7(29)26-16-11(23)2-3-13(15(16)25)28-17(30)9-4-8(5-12(24)14(9)20)27-18(31)10-6-19(10,21)22/h2-5,10H,6H2,1H3,(H,26,29)(H,27,31)(H,28,30)/t10-/m1/s1. The largest absolute Gasteiger partial charge is 0.326 e. The molecular formula is C19H13Cl3F3N3O3. The van der Waals surface area contributed by atoms with Crippen LogP contribution in [0.5, 0.6) is 0 Å². The Hall–Kier alpha value is -2.49. The molecule has 1 saturated carbocycles. The molecule has 0 saturated heterocycles. The van der Waals surface area contributed by atoms with Crippen molar-refractivity contribution < 1.29 is 27.6 Å². The molecule has 0 unspecified atom stereocenters. The van der Waals surface area contributed by atoms with Gasteiger partial charge in [0.05, 0.1) is 22.2 Å². The fraction of sp³-hybridized carbons (Fsp3) is 0.211. The van der Waals surface area contributed by atoms with Gasteiger partial charge in [0, 0.05) is 12.6 Å². The first kappa shape index (κ1) is 23.2. The number of rotatable bonds is 5. The summed E-state index contributed by atoms with van der Waals surface area (Å²) in [5, 5.41) is 5.89. The molecule has 0 radical (unpaired) electrons. The van der Waals surface area contributed by atoms with Crippen LogP contribution in [0.2, 0.25) is 5.02 Å². The van der Waals surface area contributed by atoms with E-state index in [-0.39, 0.29) is 12.1 Å². The summed E-state index contributed by atoms with van der Waals surface area (Å²) in [5.41, 5.74) is -1.79. The van der Waals surface area contributed by atoms with E-state index >= 15 is 0 Å². The average Bonchev–Trinajstić information content (AvgIpc) is 3.32. The molecule has 1 fully saturated rings. The molecule has 3 rings (SSSR count). The smallest absolute Gasteiger partial charge is 0.257 e. The molecule has 3 N–H and O–H groups in total. The van der Waals surface area contributed by atoms with Crippen LogP contribution < -0.4 is 16.0 Å². The molecule has 0 aromatic heterocycles. The third kappa shape index (κ3) is 5.06. The van der Waals surface area contributed by atoms with Crippen LogP contribution in [0.4, 0.5) is 30.2 Å². The van der Waals surface area contributed by atoms with Crippen molar-refractivity contribution in [3.8, 4) is 0 Å². The van der Waals surface area contributed by atoms with Crippen LogP contribution >= 0.6 is 34.8 Å². The van der Waals surface area contributed by atoms with Gasteiger partial charge in [-0.3, -0.25) is 14.4 Å². The van der Waals surface area contributed by atoms with Gasteiger partial charge in [-0.25, -0.2) is 13.2 Å². The topological polar surface area (TPSA) is 87.3 Å².